The van der Waals surface area contributed by atoms with Gasteiger partial charge in [0, 0.05) is 0 Å². The highest BCUT2D eigenvalue weighted by molar-refractivity contribution is 5.40. The maximum atomic E-state index is 5.37. The number of nitrogens with zero attached hydrogens (tertiary/aromatic N) is 3. The van der Waals surface area contributed by atoms with E-state index in [-0.39, 0.29) is 12.1 Å². The molecule has 122 valence electrons. The highest BCUT2D eigenvalue weighted by atomic mass is 16.5. The predicted octanol–water partition coefficient (Wildman–Crippen LogP) is 3.74. The number of rotatable bonds is 3. The lowest BCUT2D eigenvalue weighted by molar-refractivity contribution is 0.410. The van der Waals surface area contributed by atoms with E-state index in [0.29, 0.717) is 0 Å². The number of fused-ring (bicyclic) bond motifs is 1. The van der Waals surface area contributed by atoms with Crippen LogP contribution in [-0.2, 0) is 0 Å². The molecule has 0 bridgehead atoms. The number of aromatic nitrogens is 3. The van der Waals surface area contributed by atoms with Gasteiger partial charge in [0.2, 0.25) is 5.95 Å². The Bertz CT molecular complexity index is 858. The molecule has 2 atom stereocenters. The van der Waals surface area contributed by atoms with Gasteiger partial charge in [-0.1, -0.05) is 42.0 Å². The Balaban J connectivity index is 1.73. The van der Waals surface area contributed by atoms with E-state index in [2.05, 4.69) is 58.7 Å². The standard InChI is InChI=1S/C19H20N4O/c1-13-5-3-7-15(9-13)18-11-17(22-19-20-12-21-23(18)19)14-6-4-8-16(10-14)24-2/h3-10,12,17-18H,11H2,1-2H3,(H,20,21,22)/t17-,18+/m1/s1. The molecule has 5 heteroatoms. The lowest BCUT2D eigenvalue weighted by Crippen LogP contribution is -2.28. The zero-order chi connectivity index (χ0) is 16.5. The topological polar surface area (TPSA) is 52.0 Å². The second kappa shape index (κ2) is 6.00. The Labute approximate surface area is 141 Å². The highest BCUT2D eigenvalue weighted by Gasteiger charge is 2.30. The molecule has 0 fully saturated rings. The predicted molar refractivity (Wildman–Crippen MR) is 93.3 cm³/mol. The van der Waals surface area contributed by atoms with Crippen LogP contribution in [0, 0.1) is 6.92 Å². The second-order valence-electron chi connectivity index (χ2n) is 6.17. The van der Waals surface area contributed by atoms with Crippen LogP contribution in [0.2, 0.25) is 0 Å². The molecule has 1 aliphatic heterocycles. The molecule has 3 aromatic rings. The lowest BCUT2D eigenvalue weighted by atomic mass is 9.92. The van der Waals surface area contributed by atoms with Crippen molar-refractivity contribution < 1.29 is 4.74 Å². The van der Waals surface area contributed by atoms with E-state index in [0.717, 1.165) is 18.1 Å². The average molecular weight is 320 g/mol. The number of nitrogens with one attached hydrogen (secondary N) is 1. The number of ether oxygens (including phenoxy) is 1. The van der Waals surface area contributed by atoms with Crippen molar-refractivity contribution in [2.24, 2.45) is 0 Å². The second-order valence-corrected chi connectivity index (χ2v) is 6.17. The summed E-state index contributed by atoms with van der Waals surface area (Å²) >= 11 is 0. The van der Waals surface area contributed by atoms with E-state index in [1.54, 1.807) is 13.4 Å². The average Bonchev–Trinajstić information content (AvgIpc) is 3.09. The van der Waals surface area contributed by atoms with Crippen molar-refractivity contribution in [3.05, 3.63) is 71.5 Å². The summed E-state index contributed by atoms with van der Waals surface area (Å²) in [7, 11) is 1.69. The summed E-state index contributed by atoms with van der Waals surface area (Å²) in [4.78, 5) is 4.38. The van der Waals surface area contributed by atoms with Crippen molar-refractivity contribution in [3.8, 4) is 5.75 Å². The quantitative estimate of drug-likeness (QED) is 0.799. The Kier molecular flexibility index (Phi) is 3.69. The van der Waals surface area contributed by atoms with Crippen LogP contribution in [0.5, 0.6) is 5.75 Å². The lowest BCUT2D eigenvalue weighted by Gasteiger charge is -2.32. The van der Waals surface area contributed by atoms with Crippen LogP contribution in [0.25, 0.3) is 0 Å². The number of hydrogen-bond acceptors (Lipinski definition) is 4. The summed E-state index contributed by atoms with van der Waals surface area (Å²) < 4.78 is 7.34. The van der Waals surface area contributed by atoms with Crippen molar-refractivity contribution in [2.45, 2.75) is 25.4 Å². The summed E-state index contributed by atoms with van der Waals surface area (Å²) in [6.07, 6.45) is 2.52. The third-order valence-electron chi connectivity index (χ3n) is 4.55. The van der Waals surface area contributed by atoms with Crippen molar-refractivity contribution in [1.29, 1.82) is 0 Å². The Morgan fingerprint density at radius 3 is 2.79 bits per heavy atom. The minimum atomic E-state index is 0.167. The molecule has 0 unspecified atom stereocenters. The number of hydrogen-bond donors (Lipinski definition) is 1. The van der Waals surface area contributed by atoms with Crippen molar-refractivity contribution in [2.75, 3.05) is 12.4 Å². The molecular weight excluding hydrogens is 300 g/mol. The first-order chi connectivity index (χ1) is 11.7. The van der Waals surface area contributed by atoms with Crippen molar-refractivity contribution in [1.82, 2.24) is 14.8 Å². The van der Waals surface area contributed by atoms with Gasteiger partial charge in [0.05, 0.1) is 19.2 Å². The molecule has 5 nitrogen and oxygen atoms in total. The SMILES string of the molecule is COc1cccc([C@H]2C[C@@H](c3cccc(C)c3)n3ncnc3N2)c1. The van der Waals surface area contributed by atoms with Gasteiger partial charge in [0.1, 0.15) is 12.1 Å². The zero-order valence-electron chi connectivity index (χ0n) is 13.8. The molecule has 2 heterocycles. The molecule has 0 saturated carbocycles. The molecular formula is C19H20N4O. The molecule has 0 aliphatic carbocycles. The Morgan fingerprint density at radius 2 is 1.96 bits per heavy atom. The summed E-state index contributed by atoms with van der Waals surface area (Å²) in [6, 6.07) is 17.1. The van der Waals surface area contributed by atoms with Crippen LogP contribution < -0.4 is 10.1 Å². The molecule has 2 aromatic carbocycles. The van der Waals surface area contributed by atoms with Crippen LogP contribution in [0.15, 0.2) is 54.9 Å². The smallest absolute Gasteiger partial charge is 0.222 e. The summed E-state index contributed by atoms with van der Waals surface area (Å²) in [6.45, 7) is 2.12. The summed E-state index contributed by atoms with van der Waals surface area (Å²) in [5.74, 6) is 1.68. The van der Waals surface area contributed by atoms with E-state index in [4.69, 9.17) is 4.74 Å². The molecule has 1 aliphatic rings. The summed E-state index contributed by atoms with van der Waals surface area (Å²) in [5.41, 5.74) is 3.71. The van der Waals surface area contributed by atoms with E-state index < -0.39 is 0 Å². The van der Waals surface area contributed by atoms with Crippen LogP contribution in [-0.4, -0.2) is 21.9 Å². The molecule has 0 amide bonds. The van der Waals surface area contributed by atoms with Gasteiger partial charge in [0.15, 0.2) is 0 Å². The first kappa shape index (κ1) is 14.8. The third kappa shape index (κ3) is 2.62. The van der Waals surface area contributed by atoms with Gasteiger partial charge in [-0.15, -0.1) is 0 Å². The Hall–Kier alpha value is -2.82. The fourth-order valence-corrected chi connectivity index (χ4v) is 3.35. The van der Waals surface area contributed by atoms with Crippen molar-refractivity contribution >= 4 is 5.95 Å². The molecule has 1 aromatic heterocycles. The van der Waals surface area contributed by atoms with E-state index in [9.17, 15) is 0 Å². The minimum absolute atomic E-state index is 0.167. The number of benzene rings is 2. The van der Waals surface area contributed by atoms with Crippen LogP contribution in [0.4, 0.5) is 5.95 Å². The number of aryl methyl sites for hydroxylation is 1. The van der Waals surface area contributed by atoms with E-state index >= 15 is 0 Å². The maximum absolute atomic E-state index is 5.37. The van der Waals surface area contributed by atoms with Gasteiger partial charge < -0.3 is 10.1 Å². The van der Waals surface area contributed by atoms with Gasteiger partial charge in [-0.25, -0.2) is 4.68 Å². The molecule has 0 saturated heterocycles. The number of methoxy groups -OCH3 is 1. The third-order valence-corrected chi connectivity index (χ3v) is 4.55. The first-order valence-electron chi connectivity index (χ1n) is 8.11. The van der Waals surface area contributed by atoms with Gasteiger partial charge >= 0.3 is 0 Å². The Morgan fingerprint density at radius 1 is 1.12 bits per heavy atom. The normalized spacial score (nSPS) is 19.4. The molecule has 1 N–H and O–H groups in total. The molecule has 4 rings (SSSR count). The van der Waals surface area contributed by atoms with E-state index in [1.165, 1.54) is 16.7 Å². The fourth-order valence-electron chi connectivity index (χ4n) is 3.35. The van der Waals surface area contributed by atoms with Crippen LogP contribution >= 0.6 is 0 Å². The minimum Gasteiger partial charge on any atom is -0.497 e. The molecule has 0 spiro atoms. The first-order valence-corrected chi connectivity index (χ1v) is 8.11. The monoisotopic (exact) mass is 320 g/mol. The van der Waals surface area contributed by atoms with E-state index in [1.807, 2.05) is 16.8 Å². The van der Waals surface area contributed by atoms with Gasteiger partial charge in [-0.05, 0) is 36.6 Å². The number of anilines is 1. The summed E-state index contributed by atoms with van der Waals surface area (Å²) in [5, 5.41) is 7.92. The molecule has 0 radical (unpaired) electrons. The van der Waals surface area contributed by atoms with Crippen molar-refractivity contribution in [3.63, 3.8) is 0 Å². The van der Waals surface area contributed by atoms with Crippen LogP contribution in [0.3, 0.4) is 0 Å². The highest BCUT2D eigenvalue weighted by Crippen LogP contribution is 2.38. The maximum Gasteiger partial charge on any atom is 0.222 e. The van der Waals surface area contributed by atoms with Gasteiger partial charge in [-0.3, -0.25) is 0 Å². The van der Waals surface area contributed by atoms with Gasteiger partial charge in [-0.2, -0.15) is 10.1 Å². The zero-order valence-corrected chi connectivity index (χ0v) is 13.8. The fraction of sp³-hybridized carbons (Fsp3) is 0.263. The van der Waals surface area contributed by atoms with Crippen LogP contribution in [0.1, 0.15) is 35.2 Å². The van der Waals surface area contributed by atoms with Gasteiger partial charge in [0.25, 0.3) is 0 Å². The largest absolute Gasteiger partial charge is 0.497 e. The molecule has 24 heavy (non-hydrogen) atoms.